The van der Waals surface area contributed by atoms with Gasteiger partial charge in [0.1, 0.15) is 6.04 Å². The fourth-order valence-electron chi connectivity index (χ4n) is 5.94. The fourth-order valence-corrected chi connectivity index (χ4v) is 5.94. The van der Waals surface area contributed by atoms with E-state index in [0.29, 0.717) is 24.9 Å². The molecule has 0 radical (unpaired) electrons. The second-order valence-corrected chi connectivity index (χ2v) is 10.9. The molecule has 0 aromatic heterocycles. The third kappa shape index (κ3) is 5.33. The minimum absolute atomic E-state index is 0.0503. The van der Waals surface area contributed by atoms with Crippen molar-refractivity contribution in [1.29, 1.82) is 0 Å². The number of β-amino-alcohol motifs (C(OH)–C–C–N with tert-alkyl or cyclic N) is 1. The number of hydrogen-bond donors (Lipinski definition) is 1. The zero-order chi connectivity index (χ0) is 26.8. The summed E-state index contributed by atoms with van der Waals surface area (Å²) in [6, 6.07) is 14.3. The summed E-state index contributed by atoms with van der Waals surface area (Å²) in [5, 5.41) is 10.4. The third-order valence-corrected chi connectivity index (χ3v) is 7.98. The number of likely N-dealkylation sites (tertiary alicyclic amines) is 1. The minimum Gasteiger partial charge on any atom is -0.391 e. The maximum Gasteiger partial charge on any atom is 0.255 e. The Morgan fingerprint density at radius 2 is 1.76 bits per heavy atom. The van der Waals surface area contributed by atoms with Crippen molar-refractivity contribution in [3.8, 4) is 0 Å². The molecule has 8 nitrogen and oxygen atoms in total. The smallest absolute Gasteiger partial charge is 0.255 e. The molecule has 1 N–H and O–H groups in total. The first-order chi connectivity index (χ1) is 18.3. The van der Waals surface area contributed by atoms with Crippen molar-refractivity contribution in [2.75, 3.05) is 37.7 Å². The Labute approximate surface area is 224 Å². The summed E-state index contributed by atoms with van der Waals surface area (Å²) in [5.41, 5.74) is 3.74. The second-order valence-electron chi connectivity index (χ2n) is 10.9. The molecule has 3 heterocycles. The number of Topliss-reactive ketones (excluding diaryl/α,β-unsaturated/α-hetero) is 1. The average Bonchev–Trinajstić information content (AvgIpc) is 3.48. The van der Waals surface area contributed by atoms with E-state index >= 15 is 0 Å². The van der Waals surface area contributed by atoms with Gasteiger partial charge in [0.25, 0.3) is 5.91 Å². The number of carbonyl (C=O) groups excluding carboxylic acids is 3. The van der Waals surface area contributed by atoms with Gasteiger partial charge in [-0.2, -0.15) is 0 Å². The summed E-state index contributed by atoms with van der Waals surface area (Å²) in [6.07, 6.45) is 0.350. The van der Waals surface area contributed by atoms with Crippen molar-refractivity contribution in [2.45, 2.75) is 57.8 Å². The van der Waals surface area contributed by atoms with Crippen LogP contribution in [-0.2, 0) is 27.3 Å². The van der Waals surface area contributed by atoms with Crippen LogP contribution in [0.15, 0.2) is 48.5 Å². The molecule has 3 atom stereocenters. The Hall–Kier alpha value is -3.23. The molecule has 202 valence electrons. The summed E-state index contributed by atoms with van der Waals surface area (Å²) >= 11 is 0. The Bertz CT molecular complexity index is 1170. The first-order valence-electron chi connectivity index (χ1n) is 13.6. The number of aryl methyl sites for hydroxylation is 1. The highest BCUT2D eigenvalue weighted by Gasteiger charge is 2.45. The van der Waals surface area contributed by atoms with Crippen molar-refractivity contribution < 1.29 is 24.2 Å². The molecule has 2 fully saturated rings. The topological polar surface area (TPSA) is 90.4 Å². The molecule has 8 heteroatoms. The Balaban J connectivity index is 1.24. The molecule has 0 unspecified atom stereocenters. The summed E-state index contributed by atoms with van der Waals surface area (Å²) in [7, 11) is 0. The maximum absolute atomic E-state index is 13.8. The number of aliphatic hydroxyl groups excluding tert-OH is 1. The quantitative estimate of drug-likeness (QED) is 0.577. The van der Waals surface area contributed by atoms with Gasteiger partial charge in [0.05, 0.1) is 25.4 Å². The lowest BCUT2D eigenvalue weighted by Gasteiger charge is -2.35. The summed E-state index contributed by atoms with van der Waals surface area (Å²) < 4.78 is 5.42. The molecule has 0 aliphatic carbocycles. The van der Waals surface area contributed by atoms with Gasteiger partial charge in [0, 0.05) is 50.3 Å². The first-order valence-corrected chi connectivity index (χ1v) is 13.6. The number of morpholine rings is 1. The minimum atomic E-state index is -0.750. The van der Waals surface area contributed by atoms with Gasteiger partial charge in [0.15, 0.2) is 5.78 Å². The zero-order valence-corrected chi connectivity index (χ0v) is 22.2. The molecule has 0 bridgehead atoms. The van der Waals surface area contributed by atoms with Crippen LogP contribution in [0, 0.1) is 5.92 Å². The van der Waals surface area contributed by atoms with Gasteiger partial charge < -0.3 is 24.5 Å². The number of hydrogen-bond acceptors (Lipinski definition) is 6. The molecule has 38 heavy (non-hydrogen) atoms. The normalized spacial score (nSPS) is 22.2. The lowest BCUT2D eigenvalue weighted by molar-refractivity contribution is -0.142. The van der Waals surface area contributed by atoms with Crippen LogP contribution in [0.25, 0.3) is 0 Å². The van der Waals surface area contributed by atoms with Crippen molar-refractivity contribution in [3.63, 3.8) is 0 Å². The highest BCUT2D eigenvalue weighted by atomic mass is 16.5. The van der Waals surface area contributed by atoms with Crippen LogP contribution in [0.4, 0.5) is 5.69 Å². The third-order valence-electron chi connectivity index (χ3n) is 7.98. The number of aliphatic hydroxyl groups is 1. The highest BCUT2D eigenvalue weighted by molar-refractivity contribution is 6.01. The van der Waals surface area contributed by atoms with Gasteiger partial charge in [-0.25, -0.2) is 0 Å². The summed E-state index contributed by atoms with van der Waals surface area (Å²) in [5.74, 6) is -0.605. The van der Waals surface area contributed by atoms with E-state index < -0.39 is 18.2 Å². The zero-order valence-electron chi connectivity index (χ0n) is 22.2. The lowest BCUT2D eigenvalue weighted by atomic mass is 9.98. The van der Waals surface area contributed by atoms with Crippen molar-refractivity contribution in [3.05, 3.63) is 65.2 Å². The number of nitrogens with zero attached hydrogens (tertiary/aromatic N) is 3. The Kier molecular flexibility index (Phi) is 7.81. The SMILES string of the molecule is CC(C)[C@@H](C(=O)N1C[C@H](O)C[C@H]1C(=O)CCc1ccc(N2CCOCC2)cc1)N1Cc2ccccc2C1=O. The van der Waals surface area contributed by atoms with Gasteiger partial charge in [-0.15, -0.1) is 0 Å². The molecular formula is C30H37N3O5. The molecule has 2 aromatic carbocycles. The number of ketones is 1. The standard InChI is InChI=1S/C30H37N3O5/c1-20(2)28(33-18-22-5-3-4-6-25(22)29(33)36)30(37)32-19-24(34)17-26(32)27(35)12-9-21-7-10-23(11-8-21)31-13-15-38-16-14-31/h3-8,10-11,20,24,26,28,34H,9,12-19H2,1-2H3/t24-,26+,28+/m1/s1. The van der Waals surface area contributed by atoms with E-state index in [1.165, 1.54) is 4.90 Å². The predicted molar refractivity (Wildman–Crippen MR) is 144 cm³/mol. The van der Waals surface area contributed by atoms with Crippen LogP contribution < -0.4 is 4.90 Å². The number of carbonyl (C=O) groups is 3. The van der Waals surface area contributed by atoms with Gasteiger partial charge in [-0.05, 0) is 41.7 Å². The fraction of sp³-hybridized carbons (Fsp3) is 0.500. The van der Waals surface area contributed by atoms with Crippen molar-refractivity contribution >= 4 is 23.3 Å². The monoisotopic (exact) mass is 519 g/mol. The van der Waals surface area contributed by atoms with Crippen LogP contribution >= 0.6 is 0 Å². The molecule has 2 amide bonds. The number of fused-ring (bicyclic) bond motifs is 1. The Morgan fingerprint density at radius 3 is 2.45 bits per heavy atom. The van der Waals surface area contributed by atoms with Crippen LogP contribution in [0.3, 0.4) is 0 Å². The van der Waals surface area contributed by atoms with Gasteiger partial charge in [-0.3, -0.25) is 14.4 Å². The molecule has 3 aliphatic rings. The summed E-state index contributed by atoms with van der Waals surface area (Å²) in [6.45, 7) is 7.53. The highest BCUT2D eigenvalue weighted by Crippen LogP contribution is 2.30. The largest absolute Gasteiger partial charge is 0.391 e. The van der Waals surface area contributed by atoms with Crippen LogP contribution in [-0.4, -0.2) is 83.5 Å². The molecule has 2 aromatic rings. The average molecular weight is 520 g/mol. The summed E-state index contributed by atoms with van der Waals surface area (Å²) in [4.78, 5) is 45.8. The molecule has 0 spiro atoms. The van der Waals surface area contributed by atoms with Crippen LogP contribution in [0.1, 0.15) is 48.2 Å². The van der Waals surface area contributed by atoms with Crippen LogP contribution in [0.2, 0.25) is 0 Å². The van der Waals surface area contributed by atoms with E-state index in [1.807, 2.05) is 32.0 Å². The predicted octanol–water partition coefficient (Wildman–Crippen LogP) is 2.67. The number of anilines is 1. The van der Waals surface area contributed by atoms with E-state index in [9.17, 15) is 19.5 Å². The van der Waals surface area contributed by atoms with E-state index in [4.69, 9.17) is 4.74 Å². The second kappa shape index (κ2) is 11.3. The number of ether oxygens (including phenoxy) is 1. The Morgan fingerprint density at radius 1 is 1.05 bits per heavy atom. The molecule has 5 rings (SSSR count). The van der Waals surface area contributed by atoms with E-state index in [-0.39, 0.29) is 36.5 Å². The number of rotatable bonds is 8. The molecule has 2 saturated heterocycles. The van der Waals surface area contributed by atoms with Gasteiger partial charge in [0.2, 0.25) is 5.91 Å². The molecule has 3 aliphatic heterocycles. The van der Waals surface area contributed by atoms with Gasteiger partial charge >= 0.3 is 0 Å². The van der Waals surface area contributed by atoms with Gasteiger partial charge in [-0.1, -0.05) is 44.2 Å². The molecule has 0 saturated carbocycles. The van der Waals surface area contributed by atoms with Crippen molar-refractivity contribution in [1.82, 2.24) is 9.80 Å². The molecular weight excluding hydrogens is 482 g/mol. The van der Waals surface area contributed by atoms with Crippen molar-refractivity contribution in [2.24, 2.45) is 5.92 Å². The van der Waals surface area contributed by atoms with E-state index in [2.05, 4.69) is 29.2 Å². The number of benzene rings is 2. The van der Waals surface area contributed by atoms with E-state index in [1.54, 1.807) is 11.0 Å². The maximum atomic E-state index is 13.8. The van der Waals surface area contributed by atoms with E-state index in [0.717, 1.165) is 43.1 Å². The number of amides is 2. The van der Waals surface area contributed by atoms with Crippen LogP contribution in [0.5, 0.6) is 0 Å². The lowest BCUT2D eigenvalue weighted by Crippen LogP contribution is -2.54. The first kappa shape index (κ1) is 26.4.